The molecule has 4 aromatic rings. The monoisotopic (exact) mass is 513 g/mol. The Bertz CT molecular complexity index is 1410. The number of benzene rings is 1. The Morgan fingerprint density at radius 3 is 2.54 bits per heavy atom. The van der Waals surface area contributed by atoms with Crippen molar-refractivity contribution >= 4 is 39.2 Å². The highest BCUT2D eigenvalue weighted by molar-refractivity contribution is 7.99. The van der Waals surface area contributed by atoms with Crippen LogP contribution in [0.5, 0.6) is 0 Å². The summed E-state index contributed by atoms with van der Waals surface area (Å²) in [5.41, 5.74) is 1.12. The fourth-order valence-corrected chi connectivity index (χ4v) is 5.07. The molecule has 35 heavy (non-hydrogen) atoms. The number of carbonyl (C=O) groups is 1. The van der Waals surface area contributed by atoms with Crippen molar-refractivity contribution in [3.05, 3.63) is 60.2 Å². The molecule has 0 saturated heterocycles. The van der Waals surface area contributed by atoms with Crippen LogP contribution in [0.2, 0.25) is 0 Å². The Kier molecular flexibility index (Phi) is 7.17. The van der Waals surface area contributed by atoms with Gasteiger partial charge >= 0.3 is 0 Å². The molecule has 2 N–H and O–H groups in total. The lowest BCUT2D eigenvalue weighted by Gasteiger charge is -2.10. The van der Waals surface area contributed by atoms with E-state index in [0.717, 1.165) is 0 Å². The van der Waals surface area contributed by atoms with Gasteiger partial charge in [-0.1, -0.05) is 11.8 Å². The lowest BCUT2D eigenvalue weighted by Crippen LogP contribution is -2.16. The third-order valence-corrected chi connectivity index (χ3v) is 7.10. The maximum absolute atomic E-state index is 12.7. The van der Waals surface area contributed by atoms with Crippen LogP contribution >= 0.6 is 11.8 Å². The van der Waals surface area contributed by atoms with E-state index in [-0.39, 0.29) is 22.4 Å². The van der Waals surface area contributed by atoms with E-state index >= 15 is 0 Å². The second kappa shape index (κ2) is 10.3. The van der Waals surface area contributed by atoms with Crippen molar-refractivity contribution in [2.45, 2.75) is 37.4 Å². The average Bonchev–Trinajstić information content (AvgIpc) is 3.46. The number of nitrogens with zero attached hydrogens (tertiary/aromatic N) is 5. The summed E-state index contributed by atoms with van der Waals surface area (Å²) >= 11 is 1.25. The van der Waals surface area contributed by atoms with Crippen LogP contribution in [-0.2, 0) is 21.4 Å². The van der Waals surface area contributed by atoms with E-state index in [0.29, 0.717) is 40.5 Å². The first-order valence-corrected chi connectivity index (χ1v) is 13.1. The van der Waals surface area contributed by atoms with E-state index in [4.69, 9.17) is 4.42 Å². The molecule has 4 rings (SSSR count). The Hall–Kier alpha value is -3.71. The molecule has 1 aromatic carbocycles. The van der Waals surface area contributed by atoms with Gasteiger partial charge < -0.3 is 9.73 Å². The quantitative estimate of drug-likeness (QED) is 0.321. The van der Waals surface area contributed by atoms with Crippen LogP contribution in [0, 0.1) is 13.8 Å². The number of aryl methyl sites for hydroxylation is 2. The van der Waals surface area contributed by atoms with Gasteiger partial charge in [0.05, 0.1) is 16.9 Å². The van der Waals surface area contributed by atoms with Gasteiger partial charge in [0, 0.05) is 24.0 Å². The van der Waals surface area contributed by atoms with Crippen molar-refractivity contribution in [1.82, 2.24) is 24.7 Å². The lowest BCUT2D eigenvalue weighted by molar-refractivity contribution is -0.113. The van der Waals surface area contributed by atoms with Gasteiger partial charge in [-0.15, -0.1) is 10.2 Å². The Morgan fingerprint density at radius 2 is 1.89 bits per heavy atom. The smallest absolute Gasteiger partial charge is 0.263 e. The summed E-state index contributed by atoms with van der Waals surface area (Å²) in [5, 5.41) is 11.7. The first-order chi connectivity index (χ1) is 16.7. The summed E-state index contributed by atoms with van der Waals surface area (Å²) in [7, 11) is -3.85. The van der Waals surface area contributed by atoms with Crippen molar-refractivity contribution < 1.29 is 17.6 Å². The van der Waals surface area contributed by atoms with Gasteiger partial charge in [0.25, 0.3) is 10.0 Å². The zero-order chi connectivity index (χ0) is 25.0. The third kappa shape index (κ3) is 5.87. The summed E-state index contributed by atoms with van der Waals surface area (Å²) in [6, 6.07) is 11.0. The van der Waals surface area contributed by atoms with Crippen LogP contribution in [0.4, 0.5) is 11.5 Å². The van der Waals surface area contributed by atoms with Crippen LogP contribution in [-0.4, -0.2) is 44.8 Å². The number of nitrogens with one attached hydrogen (secondary N) is 2. The molecule has 0 radical (unpaired) electrons. The molecule has 0 unspecified atom stereocenters. The molecule has 11 nitrogen and oxygen atoms in total. The van der Waals surface area contributed by atoms with E-state index in [1.165, 1.54) is 36.0 Å². The fraction of sp³-hybridized carbons (Fsp3) is 0.227. The Balaban J connectivity index is 1.37. The number of furan rings is 1. The molecule has 3 heterocycles. The van der Waals surface area contributed by atoms with E-state index < -0.39 is 10.0 Å². The van der Waals surface area contributed by atoms with Gasteiger partial charge in [0.1, 0.15) is 11.6 Å². The number of sulfonamides is 1. The van der Waals surface area contributed by atoms with E-state index in [9.17, 15) is 13.2 Å². The number of amides is 1. The fourth-order valence-electron chi connectivity index (χ4n) is 3.28. The molecule has 0 bridgehead atoms. The standard InChI is InChI=1S/C22H23N7O4S2/c1-4-29-21(18-6-5-11-33-18)26-27-22(29)34-13-20(30)25-16-7-9-17(10-8-16)35(31,32)28-19-12-14(2)23-15(3)24-19/h5-12H,4,13H2,1-3H3,(H,25,30)(H,23,24,28). The van der Waals surface area contributed by atoms with E-state index in [1.807, 2.05) is 11.5 Å². The lowest BCUT2D eigenvalue weighted by atomic mass is 10.3. The van der Waals surface area contributed by atoms with Gasteiger partial charge in [-0.3, -0.25) is 14.1 Å². The number of rotatable bonds is 9. The maximum atomic E-state index is 12.7. The predicted molar refractivity (Wildman–Crippen MR) is 132 cm³/mol. The SMILES string of the molecule is CCn1c(SCC(=O)Nc2ccc(S(=O)(=O)Nc3cc(C)nc(C)n3)cc2)nnc1-c1ccco1. The van der Waals surface area contributed by atoms with Gasteiger partial charge in [-0.05, 0) is 57.2 Å². The zero-order valence-electron chi connectivity index (χ0n) is 19.2. The molecule has 0 aliphatic heterocycles. The Morgan fingerprint density at radius 1 is 1.11 bits per heavy atom. The van der Waals surface area contributed by atoms with Crippen molar-refractivity contribution in [1.29, 1.82) is 0 Å². The summed E-state index contributed by atoms with van der Waals surface area (Å²) in [6.07, 6.45) is 1.56. The highest BCUT2D eigenvalue weighted by Gasteiger charge is 2.18. The van der Waals surface area contributed by atoms with Crippen LogP contribution in [0.1, 0.15) is 18.4 Å². The van der Waals surface area contributed by atoms with Crippen LogP contribution < -0.4 is 10.0 Å². The molecule has 13 heteroatoms. The van der Waals surface area contributed by atoms with Crippen molar-refractivity contribution in [3.63, 3.8) is 0 Å². The normalized spacial score (nSPS) is 11.4. The highest BCUT2D eigenvalue weighted by Crippen LogP contribution is 2.24. The largest absolute Gasteiger partial charge is 0.461 e. The van der Waals surface area contributed by atoms with Crippen molar-refractivity contribution in [2.24, 2.45) is 0 Å². The molecule has 0 fully saturated rings. The number of aromatic nitrogens is 5. The second-order valence-corrected chi connectivity index (χ2v) is 10.1. The summed E-state index contributed by atoms with van der Waals surface area (Å²) in [4.78, 5) is 20.7. The van der Waals surface area contributed by atoms with Crippen molar-refractivity contribution in [3.8, 4) is 11.6 Å². The maximum Gasteiger partial charge on any atom is 0.263 e. The number of hydrogen-bond donors (Lipinski definition) is 2. The minimum absolute atomic E-state index is 0.0419. The van der Waals surface area contributed by atoms with Crippen LogP contribution in [0.25, 0.3) is 11.6 Å². The molecule has 0 aliphatic rings. The van der Waals surface area contributed by atoms with Gasteiger partial charge in [0.15, 0.2) is 16.7 Å². The summed E-state index contributed by atoms with van der Waals surface area (Å²) in [5.74, 6) is 1.70. The van der Waals surface area contributed by atoms with Gasteiger partial charge in [-0.25, -0.2) is 18.4 Å². The molecular formula is C22H23N7O4S2. The Labute approximate surface area is 206 Å². The van der Waals surface area contributed by atoms with E-state index in [1.54, 1.807) is 38.3 Å². The molecule has 182 valence electrons. The van der Waals surface area contributed by atoms with Gasteiger partial charge in [0.2, 0.25) is 5.91 Å². The average molecular weight is 514 g/mol. The minimum Gasteiger partial charge on any atom is -0.461 e. The molecular weight excluding hydrogens is 490 g/mol. The topological polar surface area (TPSA) is 145 Å². The summed E-state index contributed by atoms with van der Waals surface area (Å²) in [6.45, 7) is 6.01. The van der Waals surface area contributed by atoms with Gasteiger partial charge in [-0.2, -0.15) is 0 Å². The molecule has 0 saturated carbocycles. The molecule has 3 aromatic heterocycles. The number of hydrogen-bond acceptors (Lipinski definition) is 9. The minimum atomic E-state index is -3.85. The summed E-state index contributed by atoms with van der Waals surface area (Å²) < 4.78 is 35.1. The molecule has 0 atom stereocenters. The predicted octanol–water partition coefficient (Wildman–Crippen LogP) is 3.50. The zero-order valence-corrected chi connectivity index (χ0v) is 20.9. The number of carbonyl (C=O) groups excluding carboxylic acids is 1. The first kappa shape index (κ1) is 24.4. The van der Waals surface area contributed by atoms with Crippen LogP contribution in [0.15, 0.2) is 63.2 Å². The van der Waals surface area contributed by atoms with Crippen molar-refractivity contribution in [2.75, 3.05) is 15.8 Å². The molecule has 0 aliphatic carbocycles. The highest BCUT2D eigenvalue weighted by atomic mass is 32.2. The van der Waals surface area contributed by atoms with E-state index in [2.05, 4.69) is 30.2 Å². The third-order valence-electron chi connectivity index (χ3n) is 4.76. The molecule has 1 amide bonds. The number of anilines is 2. The first-order valence-electron chi connectivity index (χ1n) is 10.6. The molecule has 0 spiro atoms. The van der Waals surface area contributed by atoms with Crippen LogP contribution in [0.3, 0.4) is 0 Å². The number of thioether (sulfide) groups is 1. The second-order valence-electron chi connectivity index (χ2n) is 7.44.